The van der Waals surface area contributed by atoms with Gasteiger partial charge in [-0.1, -0.05) is 6.42 Å². The molecule has 2 heterocycles. The van der Waals surface area contributed by atoms with Gasteiger partial charge >= 0.3 is 0 Å². The molecule has 1 saturated heterocycles. The third-order valence-corrected chi connectivity index (χ3v) is 5.02. The van der Waals surface area contributed by atoms with E-state index in [0.29, 0.717) is 38.3 Å². The topological polar surface area (TPSA) is 63.0 Å². The van der Waals surface area contributed by atoms with Crippen molar-refractivity contribution >= 4 is 11.8 Å². The lowest BCUT2D eigenvalue weighted by Crippen LogP contribution is -2.51. The van der Waals surface area contributed by atoms with Crippen molar-refractivity contribution in [3.8, 4) is 0 Å². The van der Waals surface area contributed by atoms with Crippen molar-refractivity contribution < 1.29 is 18.7 Å². The predicted octanol–water partition coefficient (Wildman–Crippen LogP) is 1.77. The number of amides is 2. The summed E-state index contributed by atoms with van der Waals surface area (Å²) in [7, 11) is 1.65. The van der Waals surface area contributed by atoms with E-state index in [1.165, 1.54) is 12.5 Å². The first kappa shape index (κ1) is 16.1. The molecule has 2 aliphatic rings. The summed E-state index contributed by atoms with van der Waals surface area (Å²) in [4.78, 5) is 29.0. The van der Waals surface area contributed by atoms with E-state index in [1.54, 1.807) is 13.2 Å². The van der Waals surface area contributed by atoms with E-state index in [1.807, 2.05) is 9.80 Å². The molecule has 6 nitrogen and oxygen atoms in total. The Morgan fingerprint density at radius 1 is 1.17 bits per heavy atom. The summed E-state index contributed by atoms with van der Waals surface area (Å²) < 4.78 is 10.3. The number of methoxy groups -OCH3 is 1. The van der Waals surface area contributed by atoms with E-state index >= 15 is 0 Å². The molecule has 0 atom stereocenters. The van der Waals surface area contributed by atoms with Crippen LogP contribution in [0.1, 0.15) is 36.0 Å². The van der Waals surface area contributed by atoms with Gasteiger partial charge in [-0.3, -0.25) is 9.59 Å². The molecule has 1 aliphatic carbocycles. The second-order valence-corrected chi connectivity index (χ2v) is 6.52. The van der Waals surface area contributed by atoms with Gasteiger partial charge in [0, 0.05) is 33.3 Å². The van der Waals surface area contributed by atoms with Gasteiger partial charge in [0.25, 0.3) is 5.91 Å². The molecule has 0 N–H and O–H groups in total. The molecule has 0 spiro atoms. The molecule has 1 aromatic rings. The zero-order valence-corrected chi connectivity index (χ0v) is 13.6. The number of furan rings is 1. The van der Waals surface area contributed by atoms with E-state index in [0.717, 1.165) is 25.7 Å². The first-order valence-electron chi connectivity index (χ1n) is 8.26. The number of hydrogen-bond acceptors (Lipinski definition) is 4. The highest BCUT2D eigenvalue weighted by Gasteiger charge is 2.46. The van der Waals surface area contributed by atoms with Crippen LogP contribution >= 0.6 is 0 Å². The summed E-state index contributed by atoms with van der Waals surface area (Å²) in [5.74, 6) is 0.173. The van der Waals surface area contributed by atoms with Crippen LogP contribution in [0.25, 0.3) is 0 Å². The van der Waals surface area contributed by atoms with Crippen LogP contribution in [-0.2, 0) is 9.53 Å². The fourth-order valence-corrected chi connectivity index (χ4v) is 3.53. The Labute approximate surface area is 136 Å². The lowest BCUT2D eigenvalue weighted by molar-refractivity contribution is -0.152. The summed E-state index contributed by atoms with van der Waals surface area (Å²) >= 11 is 0. The van der Waals surface area contributed by atoms with Gasteiger partial charge in [-0.2, -0.15) is 0 Å². The van der Waals surface area contributed by atoms with E-state index < -0.39 is 0 Å². The van der Waals surface area contributed by atoms with Crippen LogP contribution in [-0.4, -0.2) is 61.5 Å². The van der Waals surface area contributed by atoms with Crippen molar-refractivity contribution in [1.29, 1.82) is 0 Å². The quantitative estimate of drug-likeness (QED) is 0.848. The second-order valence-electron chi connectivity index (χ2n) is 6.52. The number of carbonyl (C=O) groups is 2. The lowest BCUT2D eigenvalue weighted by Gasteiger charge is -2.42. The third-order valence-electron chi connectivity index (χ3n) is 5.02. The van der Waals surface area contributed by atoms with E-state index in [2.05, 4.69) is 0 Å². The molecule has 2 amide bonds. The Hall–Kier alpha value is -1.82. The number of hydrogen-bond donors (Lipinski definition) is 0. The molecule has 1 saturated carbocycles. The average Bonchev–Trinajstić information content (AvgIpc) is 2.94. The maximum absolute atomic E-state index is 12.9. The van der Waals surface area contributed by atoms with Crippen LogP contribution in [0.5, 0.6) is 0 Å². The van der Waals surface area contributed by atoms with Gasteiger partial charge < -0.3 is 19.0 Å². The van der Waals surface area contributed by atoms with E-state index in [9.17, 15) is 9.59 Å². The van der Waals surface area contributed by atoms with Crippen molar-refractivity contribution in [2.75, 3.05) is 39.9 Å². The maximum Gasteiger partial charge on any atom is 0.257 e. The standard InChI is InChI=1S/C17H24N2O4/c1-22-13-17(5-2-6-17)16(21)19-8-3-7-18(9-10-19)15(20)14-4-11-23-12-14/h4,11-12H,2-3,5-10,13H2,1H3. The highest BCUT2D eigenvalue weighted by atomic mass is 16.5. The summed E-state index contributed by atoms with van der Waals surface area (Å²) in [6.07, 6.45) is 6.69. The highest BCUT2D eigenvalue weighted by Crippen LogP contribution is 2.42. The Morgan fingerprint density at radius 3 is 2.52 bits per heavy atom. The van der Waals surface area contributed by atoms with Crippen molar-refractivity contribution in [2.24, 2.45) is 5.41 Å². The first-order valence-corrected chi connectivity index (χ1v) is 8.26. The van der Waals surface area contributed by atoms with Crippen LogP contribution in [0.4, 0.5) is 0 Å². The second kappa shape index (κ2) is 6.74. The normalized spacial score (nSPS) is 20.7. The van der Waals surface area contributed by atoms with Gasteiger partial charge in [-0.15, -0.1) is 0 Å². The molecule has 6 heteroatoms. The molecule has 2 fully saturated rings. The molecule has 0 unspecified atom stereocenters. The SMILES string of the molecule is COCC1(C(=O)N2CCCN(C(=O)c3ccoc3)CC2)CCC1. The van der Waals surface area contributed by atoms with Crippen LogP contribution in [0, 0.1) is 5.41 Å². The van der Waals surface area contributed by atoms with Gasteiger partial charge in [0.15, 0.2) is 0 Å². The molecule has 0 bridgehead atoms. The first-order chi connectivity index (χ1) is 11.2. The summed E-state index contributed by atoms with van der Waals surface area (Å²) in [5, 5.41) is 0. The van der Waals surface area contributed by atoms with Gasteiger partial charge in [0.05, 0.1) is 23.8 Å². The number of ether oxygens (including phenoxy) is 1. The summed E-state index contributed by atoms with van der Waals surface area (Å²) in [5.41, 5.74) is 0.248. The molecule has 1 aromatic heterocycles. The van der Waals surface area contributed by atoms with Crippen LogP contribution in [0.15, 0.2) is 23.0 Å². The van der Waals surface area contributed by atoms with Gasteiger partial charge in [-0.25, -0.2) is 0 Å². The fraction of sp³-hybridized carbons (Fsp3) is 0.647. The molecular weight excluding hydrogens is 296 g/mol. The van der Waals surface area contributed by atoms with Gasteiger partial charge in [-0.05, 0) is 25.3 Å². The van der Waals surface area contributed by atoms with Crippen LogP contribution in [0.2, 0.25) is 0 Å². The zero-order chi connectivity index (χ0) is 16.3. The maximum atomic E-state index is 12.9. The summed E-state index contributed by atoms with van der Waals surface area (Å²) in [6, 6.07) is 1.68. The molecule has 0 radical (unpaired) electrons. The van der Waals surface area contributed by atoms with Crippen molar-refractivity contribution in [3.05, 3.63) is 24.2 Å². The lowest BCUT2D eigenvalue weighted by atomic mass is 9.68. The number of carbonyl (C=O) groups excluding carboxylic acids is 2. The van der Waals surface area contributed by atoms with Gasteiger partial charge in [0.1, 0.15) is 6.26 Å². The van der Waals surface area contributed by atoms with E-state index in [-0.39, 0.29) is 17.2 Å². The Balaban J connectivity index is 1.62. The predicted molar refractivity (Wildman–Crippen MR) is 84.0 cm³/mol. The minimum atomic E-state index is -0.321. The monoisotopic (exact) mass is 320 g/mol. The van der Waals surface area contributed by atoms with Crippen molar-refractivity contribution in [3.63, 3.8) is 0 Å². The average molecular weight is 320 g/mol. The van der Waals surface area contributed by atoms with Crippen LogP contribution < -0.4 is 0 Å². The van der Waals surface area contributed by atoms with Crippen molar-refractivity contribution in [1.82, 2.24) is 9.80 Å². The molecular formula is C17H24N2O4. The summed E-state index contributed by atoms with van der Waals surface area (Å²) in [6.45, 7) is 3.04. The Bertz CT molecular complexity index is 551. The van der Waals surface area contributed by atoms with E-state index in [4.69, 9.17) is 9.15 Å². The number of rotatable bonds is 4. The molecule has 0 aromatic carbocycles. The van der Waals surface area contributed by atoms with Gasteiger partial charge in [0.2, 0.25) is 5.91 Å². The van der Waals surface area contributed by atoms with Crippen LogP contribution in [0.3, 0.4) is 0 Å². The van der Waals surface area contributed by atoms with Crippen molar-refractivity contribution in [2.45, 2.75) is 25.7 Å². The zero-order valence-electron chi connectivity index (χ0n) is 13.6. The largest absolute Gasteiger partial charge is 0.472 e. The Morgan fingerprint density at radius 2 is 1.91 bits per heavy atom. The molecule has 1 aliphatic heterocycles. The fourth-order valence-electron chi connectivity index (χ4n) is 3.53. The smallest absolute Gasteiger partial charge is 0.257 e. The Kier molecular flexibility index (Phi) is 4.71. The highest BCUT2D eigenvalue weighted by molar-refractivity contribution is 5.94. The number of nitrogens with zero attached hydrogens (tertiary/aromatic N) is 2. The minimum absolute atomic E-state index is 0.0247. The minimum Gasteiger partial charge on any atom is -0.472 e. The molecule has 3 rings (SSSR count). The third kappa shape index (κ3) is 3.13. The molecule has 126 valence electrons. The molecule has 23 heavy (non-hydrogen) atoms.